The zero-order valence-corrected chi connectivity index (χ0v) is 11.7. The molecule has 0 N–H and O–H groups in total. The van der Waals surface area contributed by atoms with Gasteiger partial charge in [0, 0.05) is 24.1 Å². The predicted octanol–water partition coefficient (Wildman–Crippen LogP) is 3.12. The van der Waals surface area contributed by atoms with Crippen molar-refractivity contribution in [2.45, 2.75) is 26.6 Å². The summed E-state index contributed by atoms with van der Waals surface area (Å²) in [5.74, 6) is 1.45. The highest BCUT2D eigenvalue weighted by atomic mass is 16.5. The molecule has 0 saturated heterocycles. The third-order valence-electron chi connectivity index (χ3n) is 3.77. The van der Waals surface area contributed by atoms with Crippen molar-refractivity contribution in [1.82, 2.24) is 14.7 Å². The molecule has 0 amide bonds. The van der Waals surface area contributed by atoms with Crippen LogP contribution in [0.15, 0.2) is 41.2 Å². The van der Waals surface area contributed by atoms with Gasteiger partial charge in [0.1, 0.15) is 0 Å². The van der Waals surface area contributed by atoms with Gasteiger partial charge < -0.3 is 9.26 Å². The molecule has 0 fully saturated rings. The van der Waals surface area contributed by atoms with Gasteiger partial charge in [0.2, 0.25) is 5.76 Å². The third-order valence-corrected chi connectivity index (χ3v) is 3.77. The largest absolute Gasteiger partial charge is 0.372 e. The van der Waals surface area contributed by atoms with Crippen molar-refractivity contribution in [3.63, 3.8) is 0 Å². The summed E-state index contributed by atoms with van der Waals surface area (Å²) in [6, 6.07) is 8.27. The van der Waals surface area contributed by atoms with Crippen molar-refractivity contribution in [3.8, 4) is 17.3 Å². The minimum atomic E-state index is 0.676. The van der Waals surface area contributed by atoms with Crippen LogP contribution < -0.4 is 0 Å². The van der Waals surface area contributed by atoms with Gasteiger partial charge in [-0.1, -0.05) is 18.1 Å². The van der Waals surface area contributed by atoms with Gasteiger partial charge in [-0.15, -0.1) is 0 Å². The molecule has 4 rings (SSSR count). The van der Waals surface area contributed by atoms with Gasteiger partial charge >= 0.3 is 0 Å². The average Bonchev–Trinajstić information content (AvgIpc) is 3.24. The highest BCUT2D eigenvalue weighted by Crippen LogP contribution is 2.26. The van der Waals surface area contributed by atoms with E-state index in [1.54, 1.807) is 6.20 Å². The fraction of sp³-hybridized carbons (Fsp3) is 0.250. The van der Waals surface area contributed by atoms with Gasteiger partial charge in [-0.25, -0.2) is 4.98 Å². The van der Waals surface area contributed by atoms with Crippen LogP contribution in [-0.4, -0.2) is 14.7 Å². The van der Waals surface area contributed by atoms with Crippen molar-refractivity contribution < 1.29 is 9.26 Å². The van der Waals surface area contributed by atoms with Crippen LogP contribution in [0, 0.1) is 0 Å². The van der Waals surface area contributed by atoms with E-state index < -0.39 is 0 Å². The molecule has 0 atom stereocenters. The molecule has 3 heterocycles. The second kappa shape index (κ2) is 4.86. The molecule has 1 aliphatic heterocycles. The second-order valence-electron chi connectivity index (χ2n) is 5.10. The first-order chi connectivity index (χ1) is 10.3. The molecule has 2 aromatic heterocycles. The maximum absolute atomic E-state index is 5.47. The molecule has 3 aromatic rings. The van der Waals surface area contributed by atoms with E-state index in [1.165, 1.54) is 11.1 Å². The summed E-state index contributed by atoms with van der Waals surface area (Å²) in [4.78, 5) is 4.40. The van der Waals surface area contributed by atoms with Gasteiger partial charge in [0.05, 0.1) is 18.9 Å². The number of nitrogens with zero attached hydrogens (tertiary/aromatic N) is 3. The minimum absolute atomic E-state index is 0.676. The van der Waals surface area contributed by atoms with E-state index in [0.717, 1.165) is 23.6 Å². The van der Waals surface area contributed by atoms with Crippen molar-refractivity contribution in [3.05, 3.63) is 53.5 Å². The highest BCUT2D eigenvalue weighted by molar-refractivity contribution is 5.54. The number of ether oxygens (including phenoxy) is 1. The Morgan fingerprint density at radius 2 is 2.10 bits per heavy atom. The number of imidazole rings is 1. The van der Waals surface area contributed by atoms with Crippen LogP contribution in [0.25, 0.3) is 17.3 Å². The summed E-state index contributed by atoms with van der Waals surface area (Å²) in [6.07, 6.45) is 4.55. The Morgan fingerprint density at radius 3 is 2.95 bits per heavy atom. The van der Waals surface area contributed by atoms with Crippen LogP contribution in [0.3, 0.4) is 0 Å². The maximum atomic E-state index is 5.47. The Kier molecular flexibility index (Phi) is 2.86. The van der Waals surface area contributed by atoms with Crippen LogP contribution >= 0.6 is 0 Å². The quantitative estimate of drug-likeness (QED) is 0.740. The van der Waals surface area contributed by atoms with E-state index in [9.17, 15) is 0 Å². The molecule has 106 valence electrons. The van der Waals surface area contributed by atoms with Crippen LogP contribution in [-0.2, 0) is 24.4 Å². The number of aryl methyl sites for hydroxylation is 1. The molecule has 0 spiro atoms. The Hall–Kier alpha value is -2.40. The van der Waals surface area contributed by atoms with Crippen LogP contribution in [0.5, 0.6) is 0 Å². The SMILES string of the molecule is CCc1cc(-c2nccn2-c2ccc3c(c2)COC3)on1. The maximum Gasteiger partial charge on any atom is 0.202 e. The molecule has 0 saturated carbocycles. The van der Waals surface area contributed by atoms with E-state index in [1.807, 2.05) is 16.8 Å². The average molecular weight is 281 g/mol. The lowest BCUT2D eigenvalue weighted by atomic mass is 10.1. The summed E-state index contributed by atoms with van der Waals surface area (Å²) in [6.45, 7) is 3.43. The van der Waals surface area contributed by atoms with E-state index in [4.69, 9.17) is 9.26 Å². The minimum Gasteiger partial charge on any atom is -0.372 e. The van der Waals surface area contributed by atoms with Crippen molar-refractivity contribution in [2.75, 3.05) is 0 Å². The fourth-order valence-electron chi connectivity index (χ4n) is 2.59. The smallest absolute Gasteiger partial charge is 0.202 e. The van der Waals surface area contributed by atoms with E-state index in [2.05, 4.69) is 35.3 Å². The highest BCUT2D eigenvalue weighted by Gasteiger charge is 2.16. The molecule has 21 heavy (non-hydrogen) atoms. The van der Waals surface area contributed by atoms with Crippen LogP contribution in [0.2, 0.25) is 0 Å². The van der Waals surface area contributed by atoms with Gasteiger partial charge in [-0.05, 0) is 29.7 Å². The van der Waals surface area contributed by atoms with Crippen molar-refractivity contribution in [1.29, 1.82) is 0 Å². The lowest BCUT2D eigenvalue weighted by molar-refractivity contribution is 0.134. The Bertz CT molecular complexity index is 788. The molecular weight excluding hydrogens is 266 g/mol. The van der Waals surface area contributed by atoms with Crippen molar-refractivity contribution >= 4 is 0 Å². The lowest BCUT2D eigenvalue weighted by Crippen LogP contribution is -1.97. The summed E-state index contributed by atoms with van der Waals surface area (Å²) in [5.41, 5.74) is 4.48. The number of hydrogen-bond acceptors (Lipinski definition) is 4. The second-order valence-corrected chi connectivity index (χ2v) is 5.10. The Labute approximate surface area is 122 Å². The zero-order valence-electron chi connectivity index (χ0n) is 11.7. The first kappa shape index (κ1) is 12.3. The topological polar surface area (TPSA) is 53.1 Å². The summed E-state index contributed by atoms with van der Waals surface area (Å²) in [5, 5.41) is 4.03. The molecule has 0 radical (unpaired) electrons. The Balaban J connectivity index is 1.78. The predicted molar refractivity (Wildman–Crippen MR) is 76.9 cm³/mol. The lowest BCUT2D eigenvalue weighted by Gasteiger charge is -2.07. The summed E-state index contributed by atoms with van der Waals surface area (Å²) < 4.78 is 12.9. The first-order valence-electron chi connectivity index (χ1n) is 7.04. The number of benzene rings is 1. The van der Waals surface area contributed by atoms with Crippen molar-refractivity contribution in [2.24, 2.45) is 0 Å². The standard InChI is InChI=1S/C16H15N3O2/c1-2-13-8-15(21-18-13)16-17-5-6-19(16)14-4-3-11-9-20-10-12(11)7-14/h3-8H,2,9-10H2,1H3. The molecule has 1 aromatic carbocycles. The summed E-state index contributed by atoms with van der Waals surface area (Å²) in [7, 11) is 0. The fourth-order valence-corrected chi connectivity index (χ4v) is 2.59. The number of fused-ring (bicyclic) bond motifs is 1. The molecule has 0 aliphatic carbocycles. The van der Waals surface area contributed by atoms with Crippen LogP contribution in [0.4, 0.5) is 0 Å². The zero-order chi connectivity index (χ0) is 14.2. The number of aromatic nitrogens is 3. The molecule has 5 heteroatoms. The molecule has 1 aliphatic rings. The first-order valence-corrected chi connectivity index (χ1v) is 7.04. The van der Waals surface area contributed by atoms with E-state index >= 15 is 0 Å². The van der Waals surface area contributed by atoms with Gasteiger partial charge in [0.25, 0.3) is 0 Å². The van der Waals surface area contributed by atoms with Gasteiger partial charge in [-0.2, -0.15) is 0 Å². The number of hydrogen-bond donors (Lipinski definition) is 0. The Morgan fingerprint density at radius 1 is 1.19 bits per heavy atom. The third kappa shape index (κ3) is 2.06. The molecular formula is C16H15N3O2. The van der Waals surface area contributed by atoms with Gasteiger partial charge in [-0.3, -0.25) is 4.57 Å². The van der Waals surface area contributed by atoms with Crippen LogP contribution in [0.1, 0.15) is 23.7 Å². The molecule has 5 nitrogen and oxygen atoms in total. The van der Waals surface area contributed by atoms with E-state index in [0.29, 0.717) is 19.0 Å². The molecule has 0 bridgehead atoms. The van der Waals surface area contributed by atoms with E-state index in [-0.39, 0.29) is 0 Å². The number of rotatable bonds is 3. The summed E-state index contributed by atoms with van der Waals surface area (Å²) >= 11 is 0. The normalized spacial score (nSPS) is 13.6. The van der Waals surface area contributed by atoms with Gasteiger partial charge in [0.15, 0.2) is 5.82 Å². The molecule has 0 unspecified atom stereocenters. The monoisotopic (exact) mass is 281 g/mol.